The maximum absolute atomic E-state index is 11.8. The minimum atomic E-state index is -2.15. The molecule has 0 radical (unpaired) electrons. The second-order valence-corrected chi connectivity index (χ2v) is 5.73. The van der Waals surface area contributed by atoms with Crippen molar-refractivity contribution in [1.82, 2.24) is 0 Å². The van der Waals surface area contributed by atoms with Crippen LogP contribution in [0.2, 0.25) is 0 Å². The number of hydrogen-bond donors (Lipinski definition) is 4. The van der Waals surface area contributed by atoms with Crippen molar-refractivity contribution in [3.8, 4) is 0 Å². The fourth-order valence-electron chi connectivity index (χ4n) is 3.64. The summed E-state index contributed by atoms with van der Waals surface area (Å²) in [5.41, 5.74) is -1.22. The Hall–Kier alpha value is -0.990. The van der Waals surface area contributed by atoms with Crippen LogP contribution >= 0.6 is 0 Å². The minimum absolute atomic E-state index is 0.182. The third-order valence-electron chi connectivity index (χ3n) is 4.62. The second-order valence-electron chi connectivity index (χ2n) is 5.73. The highest BCUT2D eigenvalue weighted by atomic mass is 16.8. The van der Waals surface area contributed by atoms with Gasteiger partial charge in [-0.1, -0.05) is 12.2 Å². The van der Waals surface area contributed by atoms with Gasteiger partial charge in [0.25, 0.3) is 5.97 Å². The average molecular weight is 302 g/mol. The molecule has 0 aromatic carbocycles. The third kappa shape index (κ3) is 2.60. The van der Waals surface area contributed by atoms with Gasteiger partial charge in [-0.3, -0.25) is 4.79 Å². The standard InChI is InChI=1S/C14H22O7/c1-13(12(17)18)10-3-2-9(8-10)11(13)14(19,20-6-4-15)21-7-5-16/h2-3,9-11,15-16,19H,4-8H2,1H3,(H,17,18). The van der Waals surface area contributed by atoms with Crippen LogP contribution in [0.3, 0.4) is 0 Å². The SMILES string of the molecule is CC1(C(=O)O)C2C=CC(C2)C1C(O)(OCCO)OCCO. The quantitative estimate of drug-likeness (QED) is 0.355. The smallest absolute Gasteiger partial charge is 0.310 e. The van der Waals surface area contributed by atoms with E-state index < -0.39 is 23.3 Å². The predicted octanol–water partition coefficient (Wildman–Crippen LogP) is -0.437. The molecule has 7 heteroatoms. The van der Waals surface area contributed by atoms with Crippen LogP contribution in [0.5, 0.6) is 0 Å². The van der Waals surface area contributed by atoms with Crippen molar-refractivity contribution in [2.24, 2.45) is 23.2 Å². The minimum Gasteiger partial charge on any atom is -0.481 e. The number of aliphatic hydroxyl groups excluding tert-OH is 2. The van der Waals surface area contributed by atoms with Gasteiger partial charge in [0.05, 0.1) is 37.8 Å². The second kappa shape index (κ2) is 6.02. The number of carboxylic acids is 1. The van der Waals surface area contributed by atoms with Crippen LogP contribution in [-0.2, 0) is 14.3 Å². The molecule has 1 saturated carbocycles. The van der Waals surface area contributed by atoms with Gasteiger partial charge in [-0.2, -0.15) is 0 Å². The van der Waals surface area contributed by atoms with E-state index in [0.29, 0.717) is 6.42 Å². The lowest BCUT2D eigenvalue weighted by Gasteiger charge is -2.43. The third-order valence-corrected chi connectivity index (χ3v) is 4.62. The van der Waals surface area contributed by atoms with E-state index in [4.69, 9.17) is 19.7 Å². The van der Waals surface area contributed by atoms with Crippen molar-refractivity contribution < 1.29 is 34.7 Å². The molecule has 2 aliphatic carbocycles. The van der Waals surface area contributed by atoms with E-state index in [1.807, 2.05) is 12.2 Å². The Kier molecular flexibility index (Phi) is 4.69. The van der Waals surface area contributed by atoms with Gasteiger partial charge in [0.1, 0.15) is 0 Å². The average Bonchev–Trinajstić information content (AvgIpc) is 3.02. The first-order valence-corrected chi connectivity index (χ1v) is 7.04. The van der Waals surface area contributed by atoms with Gasteiger partial charge in [-0.05, 0) is 25.2 Å². The summed E-state index contributed by atoms with van der Waals surface area (Å²) < 4.78 is 10.5. The predicted molar refractivity (Wildman–Crippen MR) is 71.0 cm³/mol. The van der Waals surface area contributed by atoms with E-state index in [1.165, 1.54) is 0 Å². The van der Waals surface area contributed by atoms with Crippen LogP contribution in [0.4, 0.5) is 0 Å². The first-order valence-electron chi connectivity index (χ1n) is 7.04. The summed E-state index contributed by atoms with van der Waals surface area (Å²) in [7, 11) is 0. The monoisotopic (exact) mass is 302 g/mol. The molecule has 0 saturated heterocycles. The number of carboxylic acid groups (broad SMARTS) is 1. The topological polar surface area (TPSA) is 116 Å². The molecule has 2 aliphatic rings. The van der Waals surface area contributed by atoms with Crippen LogP contribution < -0.4 is 0 Å². The maximum Gasteiger partial charge on any atom is 0.310 e. The Labute approximate surface area is 122 Å². The van der Waals surface area contributed by atoms with Crippen LogP contribution in [0.25, 0.3) is 0 Å². The molecule has 7 nitrogen and oxygen atoms in total. The largest absolute Gasteiger partial charge is 0.481 e. The molecule has 0 amide bonds. The molecule has 1 fully saturated rings. The molecule has 2 bridgehead atoms. The molecule has 120 valence electrons. The molecule has 21 heavy (non-hydrogen) atoms. The molecule has 4 unspecified atom stereocenters. The number of rotatable bonds is 8. The molecule has 0 aromatic heterocycles. The summed E-state index contributed by atoms with van der Waals surface area (Å²) in [6, 6.07) is 0. The van der Waals surface area contributed by atoms with E-state index in [-0.39, 0.29) is 38.3 Å². The summed E-state index contributed by atoms with van der Waals surface area (Å²) in [4.78, 5) is 11.8. The van der Waals surface area contributed by atoms with Crippen LogP contribution in [0, 0.1) is 23.2 Å². The van der Waals surface area contributed by atoms with E-state index in [9.17, 15) is 15.0 Å². The highest BCUT2D eigenvalue weighted by molar-refractivity contribution is 5.76. The first kappa shape index (κ1) is 16.4. The number of fused-ring (bicyclic) bond motifs is 2. The van der Waals surface area contributed by atoms with Gasteiger partial charge in [0.2, 0.25) is 0 Å². The number of hydrogen-bond acceptors (Lipinski definition) is 6. The van der Waals surface area contributed by atoms with Crippen molar-refractivity contribution in [1.29, 1.82) is 0 Å². The molecule has 2 rings (SSSR count). The van der Waals surface area contributed by atoms with E-state index in [0.717, 1.165) is 0 Å². The normalized spacial score (nSPS) is 34.6. The molecule has 4 N–H and O–H groups in total. The molecule has 0 aliphatic heterocycles. The van der Waals surface area contributed by atoms with E-state index in [1.54, 1.807) is 6.92 Å². The van der Waals surface area contributed by atoms with Crippen molar-refractivity contribution >= 4 is 5.97 Å². The van der Waals surface area contributed by atoms with Crippen LogP contribution in [-0.4, -0.2) is 58.8 Å². The zero-order valence-electron chi connectivity index (χ0n) is 11.9. The first-order chi connectivity index (χ1) is 9.90. The number of aliphatic carboxylic acids is 1. The van der Waals surface area contributed by atoms with Gasteiger partial charge in [0, 0.05) is 0 Å². The fraction of sp³-hybridized carbons (Fsp3) is 0.786. The highest BCUT2D eigenvalue weighted by Gasteiger charge is 2.66. The van der Waals surface area contributed by atoms with Gasteiger partial charge in [0.15, 0.2) is 0 Å². The molecule has 0 aromatic rings. The van der Waals surface area contributed by atoms with Crippen molar-refractivity contribution in [2.75, 3.05) is 26.4 Å². The Morgan fingerprint density at radius 3 is 2.33 bits per heavy atom. The molecular weight excluding hydrogens is 280 g/mol. The number of aliphatic hydroxyl groups is 3. The maximum atomic E-state index is 11.8. The zero-order valence-corrected chi connectivity index (χ0v) is 11.9. The molecular formula is C14H22O7. The summed E-state index contributed by atoms with van der Waals surface area (Å²) in [5, 5.41) is 38.1. The molecule has 4 atom stereocenters. The summed E-state index contributed by atoms with van der Waals surface area (Å²) >= 11 is 0. The lowest BCUT2D eigenvalue weighted by atomic mass is 9.68. The Balaban J connectivity index is 2.33. The summed E-state index contributed by atoms with van der Waals surface area (Å²) in [6.45, 7) is 0.546. The molecule has 0 spiro atoms. The van der Waals surface area contributed by atoms with E-state index >= 15 is 0 Å². The zero-order chi connectivity index (χ0) is 15.7. The fourth-order valence-corrected chi connectivity index (χ4v) is 3.64. The van der Waals surface area contributed by atoms with Gasteiger partial charge < -0.3 is 29.9 Å². The van der Waals surface area contributed by atoms with E-state index in [2.05, 4.69) is 0 Å². The Morgan fingerprint density at radius 2 is 1.86 bits per heavy atom. The number of ether oxygens (including phenoxy) is 2. The lowest BCUT2D eigenvalue weighted by Crippen LogP contribution is -2.55. The number of allylic oxidation sites excluding steroid dienone is 2. The van der Waals surface area contributed by atoms with Crippen LogP contribution in [0.1, 0.15) is 13.3 Å². The lowest BCUT2D eigenvalue weighted by molar-refractivity contribution is -0.401. The van der Waals surface area contributed by atoms with Crippen molar-refractivity contribution in [3.63, 3.8) is 0 Å². The van der Waals surface area contributed by atoms with Gasteiger partial charge >= 0.3 is 5.97 Å². The van der Waals surface area contributed by atoms with Crippen molar-refractivity contribution in [3.05, 3.63) is 12.2 Å². The summed E-state index contributed by atoms with van der Waals surface area (Å²) in [5.74, 6) is -4.37. The molecule has 0 heterocycles. The van der Waals surface area contributed by atoms with Gasteiger partial charge in [-0.15, -0.1) is 0 Å². The van der Waals surface area contributed by atoms with Crippen molar-refractivity contribution in [2.45, 2.75) is 19.3 Å². The summed E-state index contributed by atoms with van der Waals surface area (Å²) in [6.07, 6.45) is 4.34. The Bertz CT molecular complexity index is 414. The Morgan fingerprint density at radius 1 is 1.29 bits per heavy atom. The van der Waals surface area contributed by atoms with Crippen LogP contribution in [0.15, 0.2) is 12.2 Å². The number of carbonyl (C=O) groups is 1. The highest BCUT2D eigenvalue weighted by Crippen LogP contribution is 2.60. The van der Waals surface area contributed by atoms with Gasteiger partial charge in [-0.25, -0.2) is 0 Å².